The second-order valence-corrected chi connectivity index (χ2v) is 5.40. The molecule has 1 aromatic carbocycles. The van der Waals surface area contributed by atoms with Crippen LogP contribution in [0.3, 0.4) is 0 Å². The summed E-state index contributed by atoms with van der Waals surface area (Å²) in [6.45, 7) is 0.303. The lowest BCUT2D eigenvalue weighted by molar-refractivity contribution is -0.120. The topological polar surface area (TPSA) is 59.0 Å². The lowest BCUT2D eigenvalue weighted by Crippen LogP contribution is -2.40. The van der Waals surface area contributed by atoms with Crippen molar-refractivity contribution in [2.45, 2.75) is 31.3 Å². The molecule has 2 N–H and O–H groups in total. The van der Waals surface area contributed by atoms with Crippen LogP contribution >= 0.6 is 0 Å². The number of nitrogens with one attached hydrogen (secondary N) is 2. The highest BCUT2D eigenvalue weighted by atomic mass is 16.2. The zero-order chi connectivity index (χ0) is 14.5. The minimum Gasteiger partial charge on any atom is -0.376 e. The van der Waals surface area contributed by atoms with E-state index in [-0.39, 0.29) is 11.9 Å². The van der Waals surface area contributed by atoms with E-state index in [1.807, 2.05) is 42.9 Å². The first-order valence-corrected chi connectivity index (χ1v) is 7.38. The van der Waals surface area contributed by atoms with Crippen LogP contribution in [0, 0.1) is 0 Å². The Bertz CT molecular complexity index is 567. The molecule has 0 spiro atoms. The maximum atomic E-state index is 12.1. The van der Waals surface area contributed by atoms with Crippen LogP contribution in [0.1, 0.15) is 25.3 Å². The normalized spacial score (nSPS) is 21.1. The molecule has 5 heteroatoms. The molecule has 0 saturated heterocycles. The number of benzene rings is 1. The van der Waals surface area contributed by atoms with Crippen molar-refractivity contribution in [2.75, 3.05) is 11.9 Å². The molecule has 1 fully saturated rings. The van der Waals surface area contributed by atoms with Crippen LogP contribution in [-0.2, 0) is 4.79 Å². The summed E-state index contributed by atoms with van der Waals surface area (Å²) in [4.78, 5) is 16.2. The number of nitrogens with zero attached hydrogens (tertiary/aromatic N) is 2. The van der Waals surface area contributed by atoms with Crippen LogP contribution in [0.5, 0.6) is 0 Å². The van der Waals surface area contributed by atoms with Crippen molar-refractivity contribution in [1.29, 1.82) is 0 Å². The van der Waals surface area contributed by atoms with Gasteiger partial charge in [0.15, 0.2) is 0 Å². The largest absolute Gasteiger partial charge is 0.376 e. The molecule has 21 heavy (non-hydrogen) atoms. The molecule has 2 atom stereocenters. The fourth-order valence-electron chi connectivity index (χ4n) is 2.93. The minimum atomic E-state index is 0.0378. The summed E-state index contributed by atoms with van der Waals surface area (Å²) in [6.07, 6.45) is 8.84. The summed E-state index contributed by atoms with van der Waals surface area (Å²) in [5.41, 5.74) is 0.963. The molecular weight excluding hydrogens is 264 g/mol. The minimum absolute atomic E-state index is 0.0378. The van der Waals surface area contributed by atoms with Crippen LogP contribution in [0.2, 0.25) is 0 Å². The predicted molar refractivity (Wildman–Crippen MR) is 82.0 cm³/mol. The lowest BCUT2D eigenvalue weighted by atomic mass is 10.1. The zero-order valence-corrected chi connectivity index (χ0v) is 11.9. The zero-order valence-electron chi connectivity index (χ0n) is 11.9. The van der Waals surface area contributed by atoms with Gasteiger partial charge >= 0.3 is 0 Å². The standard InChI is InChI=1S/C16H20N4O/c21-16(11-18-13-5-2-1-3-6-13)19-14-7-4-8-15(14)20-10-9-17-12-20/h1-3,5-6,9-10,12,14-15,18H,4,7-8,11H2,(H,19,21). The molecule has 0 aliphatic heterocycles. The number of carbonyl (C=O) groups excluding carboxylic acids is 1. The maximum Gasteiger partial charge on any atom is 0.239 e. The van der Waals surface area contributed by atoms with Crippen molar-refractivity contribution >= 4 is 11.6 Å². The fraction of sp³-hybridized carbons (Fsp3) is 0.375. The number of hydrogen-bond donors (Lipinski definition) is 2. The second kappa shape index (κ2) is 6.43. The Balaban J connectivity index is 1.52. The summed E-state index contributed by atoms with van der Waals surface area (Å²) in [6, 6.07) is 10.3. The smallest absolute Gasteiger partial charge is 0.239 e. The van der Waals surface area contributed by atoms with Gasteiger partial charge in [0.05, 0.1) is 18.9 Å². The molecule has 5 nitrogen and oxygen atoms in total. The third kappa shape index (κ3) is 3.42. The van der Waals surface area contributed by atoms with E-state index in [0.29, 0.717) is 12.6 Å². The van der Waals surface area contributed by atoms with Crippen LogP contribution in [0.25, 0.3) is 0 Å². The highest BCUT2D eigenvalue weighted by molar-refractivity contribution is 5.81. The van der Waals surface area contributed by atoms with Gasteiger partial charge in [0.1, 0.15) is 0 Å². The molecule has 1 saturated carbocycles. The Labute approximate surface area is 124 Å². The SMILES string of the molecule is O=C(CNc1ccccc1)NC1CCCC1n1ccnc1. The Morgan fingerprint density at radius 1 is 1.29 bits per heavy atom. The first-order chi connectivity index (χ1) is 10.3. The number of rotatable bonds is 5. The summed E-state index contributed by atoms with van der Waals surface area (Å²) < 4.78 is 2.10. The van der Waals surface area contributed by atoms with Crippen molar-refractivity contribution in [3.8, 4) is 0 Å². The van der Waals surface area contributed by atoms with Crippen LogP contribution in [0.15, 0.2) is 49.1 Å². The van der Waals surface area contributed by atoms with Crippen LogP contribution in [0.4, 0.5) is 5.69 Å². The summed E-state index contributed by atoms with van der Waals surface area (Å²) in [5, 5.41) is 6.27. The molecule has 2 aromatic rings. The average molecular weight is 284 g/mol. The molecule has 1 heterocycles. The molecule has 2 unspecified atom stereocenters. The van der Waals surface area contributed by atoms with Crippen molar-refractivity contribution in [3.05, 3.63) is 49.1 Å². The van der Waals surface area contributed by atoms with Gasteiger partial charge in [-0.2, -0.15) is 0 Å². The van der Waals surface area contributed by atoms with Gasteiger partial charge in [0.25, 0.3) is 0 Å². The number of aromatic nitrogens is 2. The van der Waals surface area contributed by atoms with E-state index in [0.717, 1.165) is 24.9 Å². The van der Waals surface area contributed by atoms with E-state index in [1.54, 1.807) is 6.20 Å². The Kier molecular flexibility index (Phi) is 4.19. The summed E-state index contributed by atoms with van der Waals surface area (Å²) >= 11 is 0. The number of carbonyl (C=O) groups is 1. The third-order valence-corrected chi connectivity index (χ3v) is 3.96. The van der Waals surface area contributed by atoms with Gasteiger partial charge in [-0.3, -0.25) is 4.79 Å². The molecule has 1 aliphatic carbocycles. The number of para-hydroxylation sites is 1. The monoisotopic (exact) mass is 284 g/mol. The number of imidazole rings is 1. The van der Waals surface area contributed by atoms with Gasteiger partial charge in [0, 0.05) is 24.1 Å². The van der Waals surface area contributed by atoms with Gasteiger partial charge < -0.3 is 15.2 Å². The van der Waals surface area contributed by atoms with Crippen molar-refractivity contribution < 1.29 is 4.79 Å². The third-order valence-electron chi connectivity index (χ3n) is 3.96. The highest BCUT2D eigenvalue weighted by Crippen LogP contribution is 2.29. The quantitative estimate of drug-likeness (QED) is 0.885. The van der Waals surface area contributed by atoms with Gasteiger partial charge in [-0.1, -0.05) is 18.2 Å². The number of hydrogen-bond acceptors (Lipinski definition) is 3. The molecule has 1 aromatic heterocycles. The number of amides is 1. The first kappa shape index (κ1) is 13.7. The summed E-state index contributed by atoms with van der Waals surface area (Å²) in [7, 11) is 0. The predicted octanol–water partition coefficient (Wildman–Crippen LogP) is 2.21. The molecule has 1 aliphatic rings. The molecule has 0 radical (unpaired) electrons. The fourth-order valence-corrected chi connectivity index (χ4v) is 2.93. The van der Waals surface area contributed by atoms with Gasteiger partial charge in [-0.15, -0.1) is 0 Å². The number of anilines is 1. The van der Waals surface area contributed by atoms with E-state index in [9.17, 15) is 4.79 Å². The highest BCUT2D eigenvalue weighted by Gasteiger charge is 2.29. The van der Waals surface area contributed by atoms with Crippen molar-refractivity contribution in [2.24, 2.45) is 0 Å². The molecule has 3 rings (SSSR count). The Morgan fingerprint density at radius 3 is 2.90 bits per heavy atom. The van der Waals surface area contributed by atoms with E-state index < -0.39 is 0 Å². The molecule has 0 bridgehead atoms. The average Bonchev–Trinajstić information content (AvgIpc) is 3.17. The maximum absolute atomic E-state index is 12.1. The molecule has 110 valence electrons. The van der Waals surface area contributed by atoms with E-state index in [1.165, 1.54) is 0 Å². The molecular formula is C16H20N4O. The van der Waals surface area contributed by atoms with Crippen LogP contribution in [-0.4, -0.2) is 28.0 Å². The van der Waals surface area contributed by atoms with Crippen LogP contribution < -0.4 is 10.6 Å². The van der Waals surface area contributed by atoms with Gasteiger partial charge in [-0.25, -0.2) is 4.98 Å². The Hall–Kier alpha value is -2.30. The first-order valence-electron chi connectivity index (χ1n) is 7.38. The Morgan fingerprint density at radius 2 is 2.14 bits per heavy atom. The molecule has 1 amide bonds. The summed E-state index contributed by atoms with van der Waals surface area (Å²) in [5.74, 6) is 0.0378. The van der Waals surface area contributed by atoms with E-state index >= 15 is 0 Å². The van der Waals surface area contributed by atoms with Gasteiger partial charge in [0.2, 0.25) is 5.91 Å². The van der Waals surface area contributed by atoms with E-state index in [4.69, 9.17) is 0 Å². The van der Waals surface area contributed by atoms with Crippen molar-refractivity contribution in [1.82, 2.24) is 14.9 Å². The second-order valence-electron chi connectivity index (χ2n) is 5.40. The lowest BCUT2D eigenvalue weighted by Gasteiger charge is -2.22. The van der Waals surface area contributed by atoms with Gasteiger partial charge in [-0.05, 0) is 31.4 Å². The van der Waals surface area contributed by atoms with E-state index in [2.05, 4.69) is 20.2 Å². The van der Waals surface area contributed by atoms with Crippen molar-refractivity contribution in [3.63, 3.8) is 0 Å².